The zero-order valence-corrected chi connectivity index (χ0v) is 24.8. The lowest BCUT2D eigenvalue weighted by atomic mass is 10.0. The Labute approximate surface area is 230 Å². The number of aliphatic hydroxyl groups is 1. The van der Waals surface area contributed by atoms with Crippen molar-refractivity contribution in [2.75, 3.05) is 5.75 Å². The number of thiocarbonyl (C=S) groups is 1. The molecule has 1 aromatic heterocycles. The molecule has 0 bridgehead atoms. The fraction of sp³-hybridized carbons (Fsp3) is 0.857. The molecule has 0 radical (unpaired) electrons. The third-order valence-corrected chi connectivity index (χ3v) is 7.93. The number of halogens is 1. The Morgan fingerprint density at radius 3 is 1.66 bits per heavy atom. The van der Waals surface area contributed by atoms with Crippen LogP contribution >= 0.6 is 35.6 Å². The summed E-state index contributed by atoms with van der Waals surface area (Å²) in [5.41, 5.74) is 0. The molecule has 0 aliphatic rings. The van der Waals surface area contributed by atoms with Gasteiger partial charge >= 0.3 is 0 Å². The molecule has 202 valence electrons. The van der Waals surface area contributed by atoms with E-state index in [0.717, 1.165) is 31.4 Å². The Kier molecular flexibility index (Phi) is 21.1. The number of hydrogen-bond donors (Lipinski definition) is 1. The monoisotopic (exact) mass is 543 g/mol. The summed E-state index contributed by atoms with van der Waals surface area (Å²) < 4.78 is 0. The van der Waals surface area contributed by atoms with Gasteiger partial charge in [0.05, 0.1) is 5.92 Å². The molecule has 35 heavy (non-hydrogen) atoms. The molecule has 1 atom stereocenters. The summed E-state index contributed by atoms with van der Waals surface area (Å²) in [4.78, 5) is 13.1. The van der Waals surface area contributed by atoms with Crippen LogP contribution in [0.3, 0.4) is 0 Å². The van der Waals surface area contributed by atoms with E-state index in [1.54, 1.807) is 11.8 Å². The highest BCUT2D eigenvalue weighted by atomic mass is 35.5. The Morgan fingerprint density at radius 2 is 1.17 bits per heavy atom. The van der Waals surface area contributed by atoms with E-state index in [2.05, 4.69) is 28.8 Å². The molecule has 0 saturated carbocycles. The number of aromatic nitrogens is 3. The quantitative estimate of drug-likeness (QED) is 0.0794. The SMILES string of the molecule is CCCCCCCCCCCCCCCCSc1nc(Cl)nc(C(CCCCCCC)C(O)=S)n1. The molecule has 0 spiro atoms. The zero-order chi connectivity index (χ0) is 25.6. The van der Waals surface area contributed by atoms with Gasteiger partial charge in [0, 0.05) is 5.75 Å². The molecule has 0 aromatic carbocycles. The largest absolute Gasteiger partial charge is 0.501 e. The average Bonchev–Trinajstić information content (AvgIpc) is 2.83. The molecular formula is C28H50ClN3OS2. The summed E-state index contributed by atoms with van der Waals surface area (Å²) in [5.74, 6) is 1.15. The van der Waals surface area contributed by atoms with Gasteiger partial charge in [0.1, 0.15) is 5.82 Å². The topological polar surface area (TPSA) is 58.9 Å². The van der Waals surface area contributed by atoms with Crippen LogP contribution in [0.5, 0.6) is 0 Å². The van der Waals surface area contributed by atoms with Crippen molar-refractivity contribution in [3.8, 4) is 0 Å². The van der Waals surface area contributed by atoms with E-state index in [9.17, 15) is 5.11 Å². The Balaban J connectivity index is 2.18. The van der Waals surface area contributed by atoms with Crippen molar-refractivity contribution in [1.29, 1.82) is 0 Å². The zero-order valence-electron chi connectivity index (χ0n) is 22.4. The molecule has 1 N–H and O–H groups in total. The van der Waals surface area contributed by atoms with E-state index < -0.39 is 0 Å². The average molecular weight is 544 g/mol. The van der Waals surface area contributed by atoms with Crippen LogP contribution in [0.15, 0.2) is 5.16 Å². The van der Waals surface area contributed by atoms with Crippen molar-refractivity contribution >= 4 is 40.6 Å². The number of aliphatic hydroxyl groups excluding tert-OH is 1. The smallest absolute Gasteiger partial charge is 0.226 e. The first kappa shape index (κ1) is 32.6. The first-order valence-corrected chi connectivity index (χ1v) is 16.1. The third-order valence-electron chi connectivity index (χ3n) is 6.54. The summed E-state index contributed by atoms with van der Waals surface area (Å²) in [6.45, 7) is 4.48. The molecule has 0 saturated heterocycles. The summed E-state index contributed by atoms with van der Waals surface area (Å²) in [5, 5.41) is 10.8. The van der Waals surface area contributed by atoms with Crippen LogP contribution in [0.25, 0.3) is 0 Å². The van der Waals surface area contributed by atoms with E-state index in [0.29, 0.717) is 11.0 Å². The van der Waals surface area contributed by atoms with Crippen molar-refractivity contribution in [3.63, 3.8) is 0 Å². The number of unbranched alkanes of at least 4 members (excludes halogenated alkanes) is 17. The van der Waals surface area contributed by atoms with Crippen LogP contribution in [0, 0.1) is 0 Å². The lowest BCUT2D eigenvalue weighted by molar-refractivity contribution is 0.497. The predicted molar refractivity (Wildman–Crippen MR) is 157 cm³/mol. The summed E-state index contributed by atoms with van der Waals surface area (Å²) >= 11 is 12.9. The number of hydrogen-bond acceptors (Lipinski definition) is 5. The van der Waals surface area contributed by atoms with Gasteiger partial charge in [-0.3, -0.25) is 0 Å². The van der Waals surface area contributed by atoms with Crippen molar-refractivity contribution in [1.82, 2.24) is 15.0 Å². The predicted octanol–water partition coefficient (Wildman–Crippen LogP) is 10.4. The number of rotatable bonds is 24. The standard InChI is InChI=1S/C28H50ClN3OS2/c1-3-5-7-9-10-11-12-13-14-15-16-17-19-21-23-35-28-31-25(30-27(29)32-28)24(26(33)34)22-20-18-8-6-4-2/h24H,3-23H2,1-2H3,(H,33,34). The first-order valence-electron chi connectivity index (χ1n) is 14.4. The fourth-order valence-corrected chi connectivity index (χ4v) is 5.62. The molecule has 1 rings (SSSR count). The maximum Gasteiger partial charge on any atom is 0.226 e. The summed E-state index contributed by atoms with van der Waals surface area (Å²) in [6, 6.07) is 0. The molecule has 4 nitrogen and oxygen atoms in total. The third kappa shape index (κ3) is 17.6. The first-order chi connectivity index (χ1) is 17.1. The van der Waals surface area contributed by atoms with Crippen LogP contribution in [-0.4, -0.2) is 30.9 Å². The van der Waals surface area contributed by atoms with Crippen molar-refractivity contribution in [3.05, 3.63) is 11.1 Å². The van der Waals surface area contributed by atoms with Gasteiger partial charge in [0.2, 0.25) is 5.28 Å². The second-order valence-electron chi connectivity index (χ2n) is 9.78. The molecule has 1 aromatic rings. The molecule has 0 aliphatic heterocycles. The fourth-order valence-electron chi connectivity index (χ4n) is 4.34. The lowest BCUT2D eigenvalue weighted by Gasteiger charge is -2.14. The van der Waals surface area contributed by atoms with Crippen LogP contribution in [0.1, 0.15) is 154 Å². The minimum Gasteiger partial charge on any atom is -0.501 e. The van der Waals surface area contributed by atoms with Crippen LogP contribution in [0.4, 0.5) is 0 Å². The van der Waals surface area contributed by atoms with Crippen molar-refractivity contribution < 1.29 is 5.11 Å². The van der Waals surface area contributed by atoms with Crippen molar-refractivity contribution in [2.45, 2.75) is 153 Å². The highest BCUT2D eigenvalue weighted by Gasteiger charge is 2.21. The van der Waals surface area contributed by atoms with E-state index in [-0.39, 0.29) is 16.3 Å². The minimum atomic E-state index is -0.340. The van der Waals surface area contributed by atoms with Crippen LogP contribution in [0.2, 0.25) is 5.28 Å². The van der Waals surface area contributed by atoms with Gasteiger partial charge in [-0.2, -0.15) is 4.98 Å². The summed E-state index contributed by atoms with van der Waals surface area (Å²) in [6.07, 6.45) is 25.6. The highest BCUT2D eigenvalue weighted by Crippen LogP contribution is 2.25. The van der Waals surface area contributed by atoms with E-state index in [1.807, 2.05) is 0 Å². The number of nitrogens with zero attached hydrogens (tertiary/aromatic N) is 3. The van der Waals surface area contributed by atoms with Gasteiger partial charge in [-0.15, -0.1) is 0 Å². The molecular weight excluding hydrogens is 494 g/mol. The lowest BCUT2D eigenvalue weighted by Crippen LogP contribution is -2.15. The van der Waals surface area contributed by atoms with E-state index in [4.69, 9.17) is 23.8 Å². The van der Waals surface area contributed by atoms with Gasteiger partial charge in [-0.05, 0) is 36.7 Å². The van der Waals surface area contributed by atoms with Gasteiger partial charge in [0.25, 0.3) is 0 Å². The summed E-state index contributed by atoms with van der Waals surface area (Å²) in [7, 11) is 0. The van der Waals surface area contributed by atoms with Crippen molar-refractivity contribution in [2.24, 2.45) is 0 Å². The van der Waals surface area contributed by atoms with Gasteiger partial charge in [-0.1, -0.05) is 141 Å². The van der Waals surface area contributed by atoms with Crippen LogP contribution in [-0.2, 0) is 0 Å². The maximum atomic E-state index is 10.0. The second kappa shape index (κ2) is 22.7. The van der Waals surface area contributed by atoms with E-state index in [1.165, 1.54) is 103 Å². The molecule has 1 unspecified atom stereocenters. The van der Waals surface area contributed by atoms with Crippen LogP contribution < -0.4 is 0 Å². The van der Waals surface area contributed by atoms with Gasteiger partial charge < -0.3 is 5.11 Å². The maximum absolute atomic E-state index is 10.0. The van der Waals surface area contributed by atoms with E-state index >= 15 is 0 Å². The molecule has 0 amide bonds. The Hall–Kier alpha value is -0.460. The Morgan fingerprint density at radius 1 is 0.714 bits per heavy atom. The molecule has 0 aliphatic carbocycles. The second-order valence-corrected chi connectivity index (χ2v) is 11.6. The molecule has 7 heteroatoms. The normalized spacial score (nSPS) is 12.2. The molecule has 0 fully saturated rings. The van der Waals surface area contributed by atoms with Gasteiger partial charge in [-0.25, -0.2) is 9.97 Å². The highest BCUT2D eigenvalue weighted by molar-refractivity contribution is 7.99. The number of thioether (sulfide) groups is 1. The Bertz CT molecular complexity index is 663. The molecule has 1 heterocycles. The van der Waals surface area contributed by atoms with Gasteiger partial charge in [0.15, 0.2) is 10.2 Å². The minimum absolute atomic E-state index is 0.0503.